The number of rotatable bonds is 3. The molecule has 0 radical (unpaired) electrons. The molecule has 0 saturated carbocycles. The van der Waals surface area contributed by atoms with Crippen LogP contribution in [-0.2, 0) is 0 Å². The number of hydrogen-bond donors (Lipinski definition) is 0. The molecule has 104 valence electrons. The lowest BCUT2D eigenvalue weighted by molar-refractivity contribution is 0.415. The molecule has 21 heavy (non-hydrogen) atoms. The maximum absolute atomic E-state index is 5.23. The first-order chi connectivity index (χ1) is 10.3. The second kappa shape index (κ2) is 5.80. The zero-order valence-corrected chi connectivity index (χ0v) is 12.2. The van der Waals surface area contributed by atoms with Gasteiger partial charge in [0, 0.05) is 11.8 Å². The molecule has 3 rings (SSSR count). The van der Waals surface area contributed by atoms with Gasteiger partial charge >= 0.3 is 0 Å². The van der Waals surface area contributed by atoms with Crippen molar-refractivity contribution in [3.63, 3.8) is 0 Å². The van der Waals surface area contributed by atoms with Gasteiger partial charge in [-0.05, 0) is 48.4 Å². The molecule has 1 aromatic heterocycles. The molecule has 0 amide bonds. The standard InChI is InChI=1S/C19H17NO/c1-14-6-11-17(15-7-9-16(21-2)10-8-15)18(13-14)19-5-3-4-12-20-19/h3-13H,1-2H3. The van der Waals surface area contributed by atoms with E-state index in [-0.39, 0.29) is 0 Å². The fraction of sp³-hybridized carbons (Fsp3) is 0.105. The van der Waals surface area contributed by atoms with Crippen LogP contribution in [-0.4, -0.2) is 12.1 Å². The quantitative estimate of drug-likeness (QED) is 0.689. The van der Waals surface area contributed by atoms with Crippen molar-refractivity contribution in [1.29, 1.82) is 0 Å². The van der Waals surface area contributed by atoms with Gasteiger partial charge in [-0.15, -0.1) is 0 Å². The largest absolute Gasteiger partial charge is 0.497 e. The smallest absolute Gasteiger partial charge is 0.118 e. The van der Waals surface area contributed by atoms with Crippen LogP contribution in [0, 0.1) is 6.92 Å². The predicted molar refractivity (Wildman–Crippen MR) is 86.4 cm³/mol. The maximum Gasteiger partial charge on any atom is 0.118 e. The minimum absolute atomic E-state index is 0.866. The Labute approximate surface area is 125 Å². The lowest BCUT2D eigenvalue weighted by Gasteiger charge is -2.11. The molecule has 3 aromatic rings. The first kappa shape index (κ1) is 13.4. The molecule has 0 N–H and O–H groups in total. The normalized spacial score (nSPS) is 10.4. The lowest BCUT2D eigenvalue weighted by atomic mass is 9.95. The van der Waals surface area contributed by atoms with E-state index in [0.717, 1.165) is 22.6 Å². The van der Waals surface area contributed by atoms with Gasteiger partial charge in [-0.3, -0.25) is 4.98 Å². The highest BCUT2D eigenvalue weighted by molar-refractivity contribution is 5.82. The number of methoxy groups -OCH3 is 1. The minimum Gasteiger partial charge on any atom is -0.497 e. The summed E-state index contributed by atoms with van der Waals surface area (Å²) >= 11 is 0. The van der Waals surface area contributed by atoms with Crippen molar-refractivity contribution in [3.8, 4) is 28.1 Å². The molecule has 0 atom stereocenters. The topological polar surface area (TPSA) is 22.1 Å². The second-order valence-electron chi connectivity index (χ2n) is 4.99. The number of ether oxygens (including phenoxy) is 1. The van der Waals surface area contributed by atoms with Gasteiger partial charge in [0.15, 0.2) is 0 Å². The fourth-order valence-corrected chi connectivity index (χ4v) is 2.41. The van der Waals surface area contributed by atoms with E-state index < -0.39 is 0 Å². The first-order valence-electron chi connectivity index (χ1n) is 6.94. The molecular weight excluding hydrogens is 258 g/mol. The van der Waals surface area contributed by atoms with E-state index in [9.17, 15) is 0 Å². The van der Waals surface area contributed by atoms with E-state index in [1.165, 1.54) is 11.1 Å². The molecule has 0 saturated heterocycles. The van der Waals surface area contributed by atoms with Crippen molar-refractivity contribution >= 4 is 0 Å². The molecule has 0 spiro atoms. The lowest BCUT2D eigenvalue weighted by Crippen LogP contribution is -1.89. The summed E-state index contributed by atoms with van der Waals surface area (Å²) in [7, 11) is 1.68. The molecule has 2 nitrogen and oxygen atoms in total. The summed E-state index contributed by atoms with van der Waals surface area (Å²) in [5.74, 6) is 0.866. The summed E-state index contributed by atoms with van der Waals surface area (Å²) < 4.78 is 5.23. The Morgan fingerprint density at radius 3 is 2.33 bits per heavy atom. The Bertz CT molecular complexity index is 733. The Balaban J connectivity index is 2.13. The van der Waals surface area contributed by atoms with Gasteiger partial charge < -0.3 is 4.74 Å². The van der Waals surface area contributed by atoms with Crippen LogP contribution in [0.15, 0.2) is 66.9 Å². The fourth-order valence-electron chi connectivity index (χ4n) is 2.41. The number of aryl methyl sites for hydroxylation is 1. The Hall–Kier alpha value is -2.61. The first-order valence-corrected chi connectivity index (χ1v) is 6.94. The zero-order chi connectivity index (χ0) is 14.7. The van der Waals surface area contributed by atoms with Gasteiger partial charge in [0.05, 0.1) is 12.8 Å². The molecule has 0 aliphatic carbocycles. The molecule has 0 aliphatic rings. The molecular formula is C19H17NO. The van der Waals surface area contributed by atoms with Crippen LogP contribution in [0.3, 0.4) is 0 Å². The van der Waals surface area contributed by atoms with E-state index in [4.69, 9.17) is 4.74 Å². The molecule has 2 aromatic carbocycles. The number of nitrogens with zero attached hydrogens (tertiary/aromatic N) is 1. The van der Waals surface area contributed by atoms with Crippen molar-refractivity contribution in [1.82, 2.24) is 4.98 Å². The number of hydrogen-bond acceptors (Lipinski definition) is 2. The van der Waals surface area contributed by atoms with Crippen LogP contribution < -0.4 is 4.74 Å². The summed E-state index contributed by atoms with van der Waals surface area (Å²) in [6.45, 7) is 2.10. The Morgan fingerprint density at radius 2 is 1.67 bits per heavy atom. The SMILES string of the molecule is COc1ccc(-c2ccc(C)cc2-c2ccccn2)cc1. The molecule has 0 fully saturated rings. The third-order valence-corrected chi connectivity index (χ3v) is 3.52. The van der Waals surface area contributed by atoms with Gasteiger partial charge in [0.1, 0.15) is 5.75 Å². The highest BCUT2D eigenvalue weighted by Gasteiger charge is 2.08. The van der Waals surface area contributed by atoms with Crippen LogP contribution in [0.4, 0.5) is 0 Å². The third-order valence-electron chi connectivity index (χ3n) is 3.52. The zero-order valence-electron chi connectivity index (χ0n) is 12.2. The van der Waals surface area contributed by atoms with E-state index in [1.54, 1.807) is 7.11 Å². The average Bonchev–Trinajstić information content (AvgIpc) is 2.56. The summed E-state index contributed by atoms with van der Waals surface area (Å²) in [6, 6.07) is 20.6. The Kier molecular flexibility index (Phi) is 3.69. The minimum atomic E-state index is 0.866. The van der Waals surface area contributed by atoms with Crippen LogP contribution in [0.2, 0.25) is 0 Å². The Morgan fingerprint density at radius 1 is 0.857 bits per heavy atom. The number of pyridine rings is 1. The summed E-state index contributed by atoms with van der Waals surface area (Å²) in [6.07, 6.45) is 1.83. The molecule has 0 unspecified atom stereocenters. The van der Waals surface area contributed by atoms with Gasteiger partial charge in [-0.1, -0.05) is 35.9 Å². The number of benzene rings is 2. The van der Waals surface area contributed by atoms with Gasteiger partial charge in [0.25, 0.3) is 0 Å². The van der Waals surface area contributed by atoms with Gasteiger partial charge in [-0.2, -0.15) is 0 Å². The van der Waals surface area contributed by atoms with Crippen molar-refractivity contribution in [3.05, 3.63) is 72.4 Å². The second-order valence-corrected chi connectivity index (χ2v) is 4.99. The summed E-state index contributed by atoms with van der Waals surface area (Å²) in [5, 5.41) is 0. The van der Waals surface area contributed by atoms with Crippen LogP contribution in [0.25, 0.3) is 22.4 Å². The third kappa shape index (κ3) is 2.79. The van der Waals surface area contributed by atoms with E-state index in [1.807, 2.05) is 36.5 Å². The van der Waals surface area contributed by atoms with Crippen molar-refractivity contribution in [2.45, 2.75) is 6.92 Å². The highest BCUT2D eigenvalue weighted by atomic mass is 16.5. The maximum atomic E-state index is 5.23. The monoisotopic (exact) mass is 275 g/mol. The van der Waals surface area contributed by atoms with Gasteiger partial charge in [-0.25, -0.2) is 0 Å². The van der Waals surface area contributed by atoms with Crippen molar-refractivity contribution in [2.75, 3.05) is 7.11 Å². The predicted octanol–water partition coefficient (Wildman–Crippen LogP) is 4.73. The highest BCUT2D eigenvalue weighted by Crippen LogP contribution is 2.32. The van der Waals surface area contributed by atoms with E-state index >= 15 is 0 Å². The van der Waals surface area contributed by atoms with Crippen LogP contribution in [0.5, 0.6) is 5.75 Å². The molecule has 0 aliphatic heterocycles. The molecule has 0 bridgehead atoms. The van der Waals surface area contributed by atoms with Crippen molar-refractivity contribution < 1.29 is 4.74 Å². The van der Waals surface area contributed by atoms with Crippen LogP contribution >= 0.6 is 0 Å². The number of aromatic nitrogens is 1. The molecule has 2 heteroatoms. The van der Waals surface area contributed by atoms with Crippen molar-refractivity contribution in [2.24, 2.45) is 0 Å². The molecule has 1 heterocycles. The summed E-state index contributed by atoms with van der Waals surface area (Å²) in [4.78, 5) is 4.49. The summed E-state index contributed by atoms with van der Waals surface area (Å²) in [5.41, 5.74) is 5.72. The van der Waals surface area contributed by atoms with E-state index in [2.05, 4.69) is 42.2 Å². The average molecular weight is 275 g/mol. The van der Waals surface area contributed by atoms with Crippen LogP contribution in [0.1, 0.15) is 5.56 Å². The van der Waals surface area contributed by atoms with Gasteiger partial charge in [0.2, 0.25) is 0 Å². The van der Waals surface area contributed by atoms with E-state index in [0.29, 0.717) is 0 Å².